The van der Waals surface area contributed by atoms with Gasteiger partial charge in [0.1, 0.15) is 0 Å². The summed E-state index contributed by atoms with van der Waals surface area (Å²) in [6.45, 7) is 5.16. The Bertz CT molecular complexity index is 1400. The predicted octanol–water partition coefficient (Wildman–Crippen LogP) is 9.35. The molecule has 250 valence electrons. The molecule has 1 aliphatic rings. The highest BCUT2D eigenvalue weighted by molar-refractivity contribution is 6.26. The van der Waals surface area contributed by atoms with Gasteiger partial charge >= 0.3 is 0 Å². The van der Waals surface area contributed by atoms with Gasteiger partial charge in [-0.3, -0.25) is 39.9 Å². The van der Waals surface area contributed by atoms with Crippen LogP contribution in [0.2, 0.25) is 0 Å². The number of hydrogen-bond donors (Lipinski definition) is 0. The highest BCUT2D eigenvalue weighted by atomic mass is 16.6. The summed E-state index contributed by atoms with van der Waals surface area (Å²) in [4.78, 5) is 62.4. The Labute approximate surface area is 270 Å². The zero-order valence-corrected chi connectivity index (χ0v) is 27.1. The second kappa shape index (κ2) is 18.1. The lowest BCUT2D eigenvalue weighted by atomic mass is 9.95. The van der Waals surface area contributed by atoms with Crippen LogP contribution in [-0.2, 0) is 0 Å². The molecule has 0 saturated heterocycles. The van der Waals surface area contributed by atoms with Gasteiger partial charge in [-0.15, -0.1) is 0 Å². The zero-order chi connectivity index (χ0) is 33.6. The molecule has 0 radical (unpaired) electrons. The molecule has 0 N–H and O–H groups in total. The van der Waals surface area contributed by atoms with Crippen LogP contribution in [0.5, 0.6) is 0 Å². The molecular formula is C34H46N4O8. The maximum Gasteiger partial charge on any atom is 0.284 e. The molecule has 1 aliphatic carbocycles. The number of hydrogen-bond acceptors (Lipinski definition) is 8. The average Bonchev–Trinajstić information content (AvgIpc) is 3.32. The van der Waals surface area contributed by atoms with Crippen LogP contribution >= 0.6 is 0 Å². The Balaban J connectivity index is 1.93. The summed E-state index contributed by atoms with van der Waals surface area (Å²) in [7, 11) is 0. The van der Waals surface area contributed by atoms with Crippen LogP contribution in [0.25, 0.3) is 11.1 Å². The highest BCUT2D eigenvalue weighted by Crippen LogP contribution is 2.47. The minimum atomic E-state index is -0.840. The molecule has 0 atom stereocenters. The van der Waals surface area contributed by atoms with Gasteiger partial charge in [-0.05, 0) is 12.8 Å². The lowest BCUT2D eigenvalue weighted by Gasteiger charge is -2.24. The number of nitro groups is 3. The van der Waals surface area contributed by atoms with Crippen LogP contribution in [0.3, 0.4) is 0 Å². The summed E-state index contributed by atoms with van der Waals surface area (Å²) in [6.07, 6.45) is 17.1. The van der Waals surface area contributed by atoms with Gasteiger partial charge in [-0.1, -0.05) is 104 Å². The van der Waals surface area contributed by atoms with Crippen molar-refractivity contribution in [2.75, 3.05) is 13.1 Å². The monoisotopic (exact) mass is 638 g/mol. The molecule has 2 aromatic carbocycles. The van der Waals surface area contributed by atoms with E-state index >= 15 is 0 Å². The van der Waals surface area contributed by atoms with E-state index in [2.05, 4.69) is 13.8 Å². The number of carbonyl (C=O) groups is 2. The summed E-state index contributed by atoms with van der Waals surface area (Å²) >= 11 is 0. The van der Waals surface area contributed by atoms with Crippen LogP contribution in [-0.4, -0.2) is 44.4 Å². The van der Waals surface area contributed by atoms with Crippen LogP contribution in [0.1, 0.15) is 143 Å². The molecule has 0 bridgehead atoms. The molecule has 1 amide bonds. The molecule has 12 nitrogen and oxygen atoms in total. The van der Waals surface area contributed by atoms with E-state index in [-0.39, 0.29) is 27.8 Å². The SMILES string of the molecule is CCCCCCCCCCN(CCCCCCCCCC)C(=O)c1cc([N+](=O)[O-])cc2c1-c1c(cc([N+](=O)[O-])cc1[N+](=O)[O-])C2=O. The van der Waals surface area contributed by atoms with E-state index in [9.17, 15) is 39.9 Å². The van der Waals surface area contributed by atoms with E-state index in [1.54, 1.807) is 4.90 Å². The Hall–Kier alpha value is -4.22. The quantitative estimate of drug-likeness (QED) is 0.0596. The molecule has 2 aromatic rings. The number of nitrogens with zero attached hydrogens (tertiary/aromatic N) is 4. The van der Waals surface area contributed by atoms with Crippen molar-refractivity contribution in [1.29, 1.82) is 0 Å². The zero-order valence-electron chi connectivity index (χ0n) is 27.1. The number of unbranched alkanes of at least 4 members (excludes halogenated alkanes) is 14. The van der Waals surface area contributed by atoms with Crippen molar-refractivity contribution in [3.05, 3.63) is 71.3 Å². The van der Waals surface area contributed by atoms with Gasteiger partial charge in [0.15, 0.2) is 5.78 Å². The molecule has 0 spiro atoms. The number of nitro benzene ring substituents is 3. The molecule has 3 rings (SSSR count). The van der Waals surface area contributed by atoms with Crippen LogP contribution in [0.4, 0.5) is 17.1 Å². The fourth-order valence-electron chi connectivity index (χ4n) is 6.16. The van der Waals surface area contributed by atoms with Gasteiger partial charge in [0.25, 0.3) is 23.0 Å². The molecular weight excluding hydrogens is 592 g/mol. The average molecular weight is 639 g/mol. The lowest BCUT2D eigenvalue weighted by Crippen LogP contribution is -2.33. The van der Waals surface area contributed by atoms with Gasteiger partial charge in [-0.2, -0.15) is 0 Å². The van der Waals surface area contributed by atoms with E-state index in [0.29, 0.717) is 13.1 Å². The standard InChI is InChI=1S/C34H46N4O8/c1-3-5-7-9-11-13-15-17-19-35(20-18-16-14-12-10-8-6-4-2)34(40)29-23-25(36(41)42)21-27-31(29)32-28(33(27)39)22-26(37(43)44)24-30(32)38(45)46/h21-24H,3-20H2,1-2H3. The number of rotatable bonds is 22. The summed E-state index contributed by atoms with van der Waals surface area (Å²) in [5.41, 5.74) is -2.87. The lowest BCUT2D eigenvalue weighted by molar-refractivity contribution is -0.393. The third-order valence-corrected chi connectivity index (χ3v) is 8.66. The molecule has 0 fully saturated rings. The van der Waals surface area contributed by atoms with E-state index < -0.39 is 43.5 Å². The smallest absolute Gasteiger partial charge is 0.284 e. The number of amides is 1. The largest absolute Gasteiger partial charge is 0.339 e. The first kappa shape index (κ1) is 36.3. The van der Waals surface area contributed by atoms with Crippen molar-refractivity contribution in [2.24, 2.45) is 0 Å². The first-order valence-corrected chi connectivity index (χ1v) is 16.8. The maximum absolute atomic E-state index is 14.2. The molecule has 0 saturated carbocycles. The van der Waals surface area contributed by atoms with Gasteiger partial charge in [0.05, 0.1) is 32.0 Å². The van der Waals surface area contributed by atoms with Crippen LogP contribution < -0.4 is 0 Å². The van der Waals surface area contributed by atoms with Crippen molar-refractivity contribution in [3.63, 3.8) is 0 Å². The minimum absolute atomic E-state index is 0.0750. The first-order valence-electron chi connectivity index (χ1n) is 16.8. The van der Waals surface area contributed by atoms with Gasteiger partial charge in [0, 0.05) is 48.0 Å². The van der Waals surface area contributed by atoms with E-state index in [1.807, 2.05) is 0 Å². The van der Waals surface area contributed by atoms with Gasteiger partial charge in [0.2, 0.25) is 0 Å². The second-order valence-corrected chi connectivity index (χ2v) is 12.1. The number of ketones is 1. The van der Waals surface area contributed by atoms with Crippen LogP contribution in [0, 0.1) is 30.3 Å². The van der Waals surface area contributed by atoms with Crippen molar-refractivity contribution in [1.82, 2.24) is 4.90 Å². The summed E-state index contributed by atoms with van der Waals surface area (Å²) in [5.74, 6) is -1.37. The minimum Gasteiger partial charge on any atom is -0.339 e. The Morgan fingerprint density at radius 3 is 1.43 bits per heavy atom. The molecule has 0 aromatic heterocycles. The maximum atomic E-state index is 14.2. The fraction of sp³-hybridized carbons (Fsp3) is 0.588. The molecule has 46 heavy (non-hydrogen) atoms. The van der Waals surface area contributed by atoms with Gasteiger partial charge in [-0.25, -0.2) is 0 Å². The molecule has 0 unspecified atom stereocenters. The summed E-state index contributed by atoms with van der Waals surface area (Å²) < 4.78 is 0. The third-order valence-electron chi connectivity index (χ3n) is 8.66. The van der Waals surface area contributed by atoms with E-state index in [0.717, 1.165) is 75.6 Å². The fourth-order valence-corrected chi connectivity index (χ4v) is 6.16. The number of fused-ring (bicyclic) bond motifs is 3. The topological polar surface area (TPSA) is 167 Å². The molecule has 12 heteroatoms. The van der Waals surface area contributed by atoms with Crippen molar-refractivity contribution in [2.45, 2.75) is 117 Å². The predicted molar refractivity (Wildman–Crippen MR) is 176 cm³/mol. The first-order chi connectivity index (χ1) is 22.1. The van der Waals surface area contributed by atoms with Crippen LogP contribution in [0.15, 0.2) is 24.3 Å². The second-order valence-electron chi connectivity index (χ2n) is 12.1. The molecule has 0 aliphatic heterocycles. The Kier molecular flexibility index (Phi) is 14.2. The number of carbonyl (C=O) groups excluding carboxylic acids is 2. The number of non-ortho nitro benzene ring substituents is 2. The third kappa shape index (κ3) is 9.40. The summed E-state index contributed by atoms with van der Waals surface area (Å²) in [5, 5.41) is 35.5. The molecule has 0 heterocycles. The van der Waals surface area contributed by atoms with E-state index in [4.69, 9.17) is 0 Å². The number of benzene rings is 2. The Morgan fingerprint density at radius 2 is 1.00 bits per heavy atom. The highest BCUT2D eigenvalue weighted by Gasteiger charge is 2.40. The normalized spacial score (nSPS) is 11.7. The van der Waals surface area contributed by atoms with Crippen molar-refractivity contribution in [3.8, 4) is 11.1 Å². The summed E-state index contributed by atoms with van der Waals surface area (Å²) in [6, 6.07) is 3.76. The Morgan fingerprint density at radius 1 is 0.587 bits per heavy atom. The van der Waals surface area contributed by atoms with Gasteiger partial charge < -0.3 is 4.90 Å². The van der Waals surface area contributed by atoms with Crippen molar-refractivity contribution < 1.29 is 24.4 Å². The van der Waals surface area contributed by atoms with E-state index in [1.165, 1.54) is 51.4 Å². The van der Waals surface area contributed by atoms with Crippen molar-refractivity contribution >= 4 is 28.8 Å².